The van der Waals surface area contributed by atoms with Crippen molar-refractivity contribution in [2.24, 2.45) is 0 Å². The van der Waals surface area contributed by atoms with Crippen molar-refractivity contribution in [3.05, 3.63) is 77.4 Å². The summed E-state index contributed by atoms with van der Waals surface area (Å²) in [4.78, 5) is 11.5. The number of Topliss-reactive ketones (excluding diaryl/α,β-unsaturated/α-hetero) is 1. The molecule has 0 aromatic heterocycles. The van der Waals surface area contributed by atoms with Gasteiger partial charge in [0.1, 0.15) is 5.75 Å². The summed E-state index contributed by atoms with van der Waals surface area (Å²) in [7, 11) is 0. The first-order valence-corrected chi connectivity index (χ1v) is 8.11. The smallest absolute Gasteiger partial charge is 0.195 e. The van der Waals surface area contributed by atoms with E-state index >= 15 is 0 Å². The Morgan fingerprint density at radius 2 is 1.54 bits per heavy atom. The number of rotatable bonds is 6. The maximum Gasteiger partial charge on any atom is 0.195 e. The second kappa shape index (κ2) is 8.74. The second-order valence-corrected chi connectivity index (χ2v) is 5.71. The van der Waals surface area contributed by atoms with Crippen molar-refractivity contribution in [2.75, 3.05) is 6.61 Å². The molecule has 0 saturated carbocycles. The minimum absolute atomic E-state index is 0.0183. The lowest BCUT2D eigenvalue weighted by atomic mass is 10.1. The van der Waals surface area contributed by atoms with Crippen LogP contribution in [0.25, 0.3) is 0 Å². The molecule has 0 heterocycles. The van der Waals surface area contributed by atoms with E-state index in [0.29, 0.717) is 11.3 Å². The van der Waals surface area contributed by atoms with Crippen molar-refractivity contribution in [1.82, 2.24) is 0 Å². The molecule has 0 aliphatic heterocycles. The Labute approximate surface area is 144 Å². The van der Waals surface area contributed by atoms with Crippen LogP contribution in [0.5, 0.6) is 5.75 Å². The highest BCUT2D eigenvalue weighted by atomic mass is 16.5. The van der Waals surface area contributed by atoms with E-state index in [1.54, 1.807) is 6.92 Å². The third-order valence-electron chi connectivity index (χ3n) is 3.54. The van der Waals surface area contributed by atoms with Crippen LogP contribution in [0.3, 0.4) is 0 Å². The highest BCUT2D eigenvalue weighted by Crippen LogP contribution is 2.12. The van der Waals surface area contributed by atoms with Crippen molar-refractivity contribution in [3.8, 4) is 17.6 Å². The fourth-order valence-corrected chi connectivity index (χ4v) is 2.09. The first kappa shape index (κ1) is 17.6. The van der Waals surface area contributed by atoms with Gasteiger partial charge in [0, 0.05) is 11.1 Å². The largest absolute Gasteiger partial charge is 0.485 e. The topological polar surface area (TPSA) is 26.3 Å². The summed E-state index contributed by atoms with van der Waals surface area (Å²) in [6.07, 6.45) is 2.25. The zero-order chi connectivity index (χ0) is 17.4. The highest BCUT2D eigenvalue weighted by molar-refractivity contribution is 5.95. The van der Waals surface area contributed by atoms with Crippen molar-refractivity contribution >= 4 is 5.78 Å². The van der Waals surface area contributed by atoms with E-state index in [2.05, 4.69) is 49.6 Å². The monoisotopic (exact) mass is 318 g/mol. The van der Waals surface area contributed by atoms with Crippen LogP contribution in [-0.4, -0.2) is 12.4 Å². The van der Waals surface area contributed by atoms with Gasteiger partial charge in [-0.15, -0.1) is 0 Å². The lowest BCUT2D eigenvalue weighted by molar-refractivity contribution is -0.117. The third-order valence-corrected chi connectivity index (χ3v) is 3.54. The molecule has 0 bridgehead atoms. The molecular formula is C22H22O2. The number of ketones is 1. The van der Waals surface area contributed by atoms with Gasteiger partial charge in [0.25, 0.3) is 0 Å². The fraction of sp³-hybridized carbons (Fsp3) is 0.227. The van der Waals surface area contributed by atoms with E-state index in [0.717, 1.165) is 24.0 Å². The van der Waals surface area contributed by atoms with Gasteiger partial charge in [-0.1, -0.05) is 43.9 Å². The highest BCUT2D eigenvalue weighted by Gasteiger charge is 2.03. The van der Waals surface area contributed by atoms with Crippen LogP contribution >= 0.6 is 0 Å². The van der Waals surface area contributed by atoms with E-state index < -0.39 is 0 Å². The standard InChI is InChI=1S/C22H22O2/c1-4-5-18-6-8-19(9-7-18)10-11-20-12-14-21(15-13-20)24-16-22(23)17(2)3/h6-9,12-15H,2,4-5,16H2,1,3H3. The summed E-state index contributed by atoms with van der Waals surface area (Å²) in [5, 5.41) is 0. The van der Waals surface area contributed by atoms with Gasteiger partial charge in [-0.3, -0.25) is 4.79 Å². The van der Waals surface area contributed by atoms with Gasteiger partial charge in [-0.05, 0) is 60.9 Å². The molecule has 2 aromatic rings. The molecule has 0 radical (unpaired) electrons. The zero-order valence-corrected chi connectivity index (χ0v) is 14.3. The molecule has 0 atom stereocenters. The molecule has 0 amide bonds. The Kier molecular flexibility index (Phi) is 6.40. The zero-order valence-electron chi connectivity index (χ0n) is 14.3. The molecule has 0 aliphatic carbocycles. The number of carbonyl (C=O) groups excluding carboxylic acids is 1. The Morgan fingerprint density at radius 1 is 1.00 bits per heavy atom. The van der Waals surface area contributed by atoms with E-state index in [1.165, 1.54) is 5.56 Å². The van der Waals surface area contributed by atoms with Crippen LogP contribution in [0.15, 0.2) is 60.7 Å². The van der Waals surface area contributed by atoms with Gasteiger partial charge >= 0.3 is 0 Å². The molecule has 122 valence electrons. The second-order valence-electron chi connectivity index (χ2n) is 5.71. The van der Waals surface area contributed by atoms with E-state index in [4.69, 9.17) is 4.74 Å². The lowest BCUT2D eigenvalue weighted by Gasteiger charge is -2.04. The summed E-state index contributed by atoms with van der Waals surface area (Å²) < 4.78 is 5.42. The minimum Gasteiger partial charge on any atom is -0.485 e. The molecule has 0 saturated heterocycles. The normalized spacial score (nSPS) is 9.75. The number of hydrogen-bond donors (Lipinski definition) is 0. The van der Waals surface area contributed by atoms with Gasteiger partial charge in [-0.25, -0.2) is 0 Å². The molecule has 0 N–H and O–H groups in total. The minimum atomic E-state index is -0.0922. The molecule has 24 heavy (non-hydrogen) atoms. The van der Waals surface area contributed by atoms with Gasteiger partial charge in [0.05, 0.1) is 0 Å². The molecule has 0 aliphatic rings. The summed E-state index contributed by atoms with van der Waals surface area (Å²) in [6.45, 7) is 7.48. The SMILES string of the molecule is C=C(C)C(=O)COc1ccc(C#Cc2ccc(CCC)cc2)cc1. The Balaban J connectivity index is 1.96. The Morgan fingerprint density at radius 3 is 2.04 bits per heavy atom. The van der Waals surface area contributed by atoms with Crippen LogP contribution in [0, 0.1) is 11.8 Å². The van der Waals surface area contributed by atoms with Crippen molar-refractivity contribution in [2.45, 2.75) is 26.7 Å². The van der Waals surface area contributed by atoms with Gasteiger partial charge in [0.15, 0.2) is 12.4 Å². The Hall–Kier alpha value is -2.79. The Bertz CT molecular complexity index is 756. The number of hydrogen-bond acceptors (Lipinski definition) is 2. The van der Waals surface area contributed by atoms with Crippen molar-refractivity contribution in [1.29, 1.82) is 0 Å². The molecule has 2 rings (SSSR count). The van der Waals surface area contributed by atoms with Crippen molar-refractivity contribution in [3.63, 3.8) is 0 Å². The van der Waals surface area contributed by atoms with Crippen LogP contribution in [0.2, 0.25) is 0 Å². The van der Waals surface area contributed by atoms with Gasteiger partial charge < -0.3 is 4.74 Å². The molecule has 0 spiro atoms. The van der Waals surface area contributed by atoms with Gasteiger partial charge in [-0.2, -0.15) is 0 Å². The van der Waals surface area contributed by atoms with Crippen molar-refractivity contribution < 1.29 is 9.53 Å². The number of aryl methyl sites for hydroxylation is 1. The van der Waals surface area contributed by atoms with Gasteiger partial charge in [0.2, 0.25) is 0 Å². The predicted molar refractivity (Wildman–Crippen MR) is 98.2 cm³/mol. The van der Waals surface area contributed by atoms with Crippen LogP contribution in [-0.2, 0) is 11.2 Å². The van der Waals surface area contributed by atoms with Crippen LogP contribution in [0.4, 0.5) is 0 Å². The summed E-state index contributed by atoms with van der Waals surface area (Å²) in [5.74, 6) is 6.85. The van der Waals surface area contributed by atoms with E-state index in [1.807, 2.05) is 24.3 Å². The molecule has 0 unspecified atom stereocenters. The van der Waals surface area contributed by atoms with E-state index in [-0.39, 0.29) is 12.4 Å². The van der Waals surface area contributed by atoms with E-state index in [9.17, 15) is 4.79 Å². The first-order chi connectivity index (χ1) is 11.6. The predicted octanol–water partition coefficient (Wildman–Crippen LogP) is 4.56. The maximum absolute atomic E-state index is 11.5. The first-order valence-electron chi connectivity index (χ1n) is 8.11. The molecular weight excluding hydrogens is 296 g/mol. The number of ether oxygens (including phenoxy) is 1. The lowest BCUT2D eigenvalue weighted by Crippen LogP contribution is -2.11. The molecule has 2 aromatic carbocycles. The average Bonchev–Trinajstić information content (AvgIpc) is 2.60. The maximum atomic E-state index is 11.5. The summed E-state index contributed by atoms with van der Waals surface area (Å²) in [5.41, 5.74) is 3.75. The van der Waals surface area contributed by atoms with Crippen LogP contribution in [0.1, 0.15) is 37.0 Å². The fourth-order valence-electron chi connectivity index (χ4n) is 2.09. The summed E-state index contributed by atoms with van der Waals surface area (Å²) >= 11 is 0. The number of benzene rings is 2. The third kappa shape index (κ3) is 5.44. The van der Waals surface area contributed by atoms with Crippen LogP contribution < -0.4 is 4.74 Å². The number of carbonyl (C=O) groups is 1. The summed E-state index contributed by atoms with van der Waals surface area (Å²) in [6, 6.07) is 15.8. The molecule has 2 nitrogen and oxygen atoms in total. The average molecular weight is 318 g/mol. The molecule has 0 fully saturated rings. The quantitative estimate of drug-likeness (QED) is 0.576. The molecule has 2 heteroatoms.